The van der Waals surface area contributed by atoms with Gasteiger partial charge in [-0.15, -0.1) is 0 Å². The average Bonchev–Trinajstić information content (AvgIpc) is 2.73. The van der Waals surface area contributed by atoms with Crippen LogP contribution < -0.4 is 11.1 Å². The fraction of sp³-hybridized carbons (Fsp3) is 0.316. The van der Waals surface area contributed by atoms with Crippen LogP contribution in [0.2, 0.25) is 0 Å². The van der Waals surface area contributed by atoms with Gasteiger partial charge in [-0.05, 0) is 43.7 Å². The van der Waals surface area contributed by atoms with Gasteiger partial charge in [-0.25, -0.2) is 13.2 Å². The smallest absolute Gasteiger partial charge is 0.299 e. The standard InChI is InChI=1S/C19H19F3N4O2/c1-11-3-6-15(24-8-11)17(27)25-12-4-5-14(20)13(7-12)18(2)19(21,22)10-28-9-16(23)26-18/h3-8H,9-10H2,1-2H3,(H2,23,26)(H,25,27)/t18-/m1/s1. The van der Waals surface area contributed by atoms with Gasteiger partial charge in [0, 0.05) is 17.4 Å². The van der Waals surface area contributed by atoms with Gasteiger partial charge in [-0.2, -0.15) is 0 Å². The van der Waals surface area contributed by atoms with E-state index in [2.05, 4.69) is 15.3 Å². The number of carbonyl (C=O) groups excluding carboxylic acids is 1. The molecule has 1 aromatic carbocycles. The van der Waals surface area contributed by atoms with Crippen LogP contribution in [0.4, 0.5) is 18.9 Å². The summed E-state index contributed by atoms with van der Waals surface area (Å²) in [7, 11) is 0. The maximum Gasteiger partial charge on any atom is 0.299 e. The highest BCUT2D eigenvalue weighted by Crippen LogP contribution is 2.44. The summed E-state index contributed by atoms with van der Waals surface area (Å²) >= 11 is 0. The molecule has 1 aliphatic rings. The number of pyridine rings is 1. The van der Waals surface area contributed by atoms with Crippen molar-refractivity contribution in [3.05, 3.63) is 59.2 Å². The molecule has 0 spiro atoms. The minimum Gasteiger partial charge on any atom is -0.385 e. The van der Waals surface area contributed by atoms with E-state index in [-0.39, 0.29) is 23.8 Å². The normalized spacial score (nSPS) is 21.5. The SMILES string of the molecule is Cc1ccc(C(=O)Nc2ccc(F)c([C@@]3(C)N=C(N)COCC3(F)F)c2)nc1. The third-order valence-corrected chi connectivity index (χ3v) is 4.51. The number of rotatable bonds is 3. The number of carbonyl (C=O) groups is 1. The van der Waals surface area contributed by atoms with Crippen molar-refractivity contribution in [2.24, 2.45) is 10.7 Å². The maximum atomic E-state index is 14.7. The molecule has 0 aliphatic carbocycles. The van der Waals surface area contributed by atoms with Crippen LogP contribution in [-0.2, 0) is 10.3 Å². The number of ether oxygens (including phenoxy) is 1. The Morgan fingerprint density at radius 2 is 2.04 bits per heavy atom. The molecule has 0 fully saturated rings. The van der Waals surface area contributed by atoms with Crippen molar-refractivity contribution < 1.29 is 22.7 Å². The van der Waals surface area contributed by atoms with Gasteiger partial charge in [0.25, 0.3) is 11.8 Å². The monoisotopic (exact) mass is 392 g/mol. The maximum absolute atomic E-state index is 14.7. The number of nitrogens with zero attached hydrogens (tertiary/aromatic N) is 2. The highest BCUT2D eigenvalue weighted by atomic mass is 19.3. The van der Waals surface area contributed by atoms with E-state index in [4.69, 9.17) is 10.5 Å². The van der Waals surface area contributed by atoms with Gasteiger partial charge in [-0.1, -0.05) is 6.07 Å². The molecule has 0 radical (unpaired) electrons. The van der Waals surface area contributed by atoms with Crippen LogP contribution in [-0.4, -0.2) is 35.9 Å². The molecule has 1 aliphatic heterocycles. The molecule has 28 heavy (non-hydrogen) atoms. The first-order valence-electron chi connectivity index (χ1n) is 8.46. The van der Waals surface area contributed by atoms with E-state index >= 15 is 0 Å². The number of aryl methyl sites for hydroxylation is 1. The second kappa shape index (κ2) is 7.23. The zero-order valence-electron chi connectivity index (χ0n) is 15.3. The molecule has 9 heteroatoms. The molecule has 1 amide bonds. The fourth-order valence-electron chi connectivity index (χ4n) is 2.86. The van der Waals surface area contributed by atoms with Gasteiger partial charge in [0.15, 0.2) is 5.54 Å². The summed E-state index contributed by atoms with van der Waals surface area (Å²) in [5, 5.41) is 2.53. The summed E-state index contributed by atoms with van der Waals surface area (Å²) in [5.41, 5.74) is 4.06. The Morgan fingerprint density at radius 1 is 1.29 bits per heavy atom. The lowest BCUT2D eigenvalue weighted by atomic mass is 9.85. The number of halogens is 3. The number of hydrogen-bond donors (Lipinski definition) is 2. The summed E-state index contributed by atoms with van der Waals surface area (Å²) in [6, 6.07) is 6.62. The summed E-state index contributed by atoms with van der Waals surface area (Å²) in [6.45, 7) is 1.67. The van der Waals surface area contributed by atoms with Gasteiger partial charge in [0.05, 0.1) is 0 Å². The number of benzene rings is 1. The third kappa shape index (κ3) is 3.70. The molecule has 0 bridgehead atoms. The number of hydrogen-bond acceptors (Lipinski definition) is 5. The molecule has 0 unspecified atom stereocenters. The van der Waals surface area contributed by atoms with Crippen molar-refractivity contribution in [1.29, 1.82) is 0 Å². The molecule has 2 heterocycles. The lowest BCUT2D eigenvalue weighted by Gasteiger charge is -2.33. The Balaban J connectivity index is 1.98. The van der Waals surface area contributed by atoms with Gasteiger partial charge in [0.2, 0.25) is 0 Å². The van der Waals surface area contributed by atoms with Crippen LogP contribution in [0.25, 0.3) is 0 Å². The number of amides is 1. The summed E-state index contributed by atoms with van der Waals surface area (Å²) in [4.78, 5) is 20.2. The zero-order chi connectivity index (χ0) is 20.5. The summed E-state index contributed by atoms with van der Waals surface area (Å²) in [6.07, 6.45) is 1.52. The first-order valence-corrected chi connectivity index (χ1v) is 8.46. The number of aromatic nitrogens is 1. The third-order valence-electron chi connectivity index (χ3n) is 4.51. The van der Waals surface area contributed by atoms with Crippen molar-refractivity contribution in [3.8, 4) is 0 Å². The molecule has 0 saturated heterocycles. The lowest BCUT2D eigenvalue weighted by molar-refractivity contribution is -0.116. The van der Waals surface area contributed by atoms with Crippen molar-refractivity contribution in [3.63, 3.8) is 0 Å². The average molecular weight is 392 g/mol. The van der Waals surface area contributed by atoms with E-state index in [0.29, 0.717) is 0 Å². The number of nitrogens with two attached hydrogens (primary N) is 1. The van der Waals surface area contributed by atoms with Crippen LogP contribution in [0.5, 0.6) is 0 Å². The molecular weight excluding hydrogens is 373 g/mol. The molecule has 3 N–H and O–H groups in total. The van der Waals surface area contributed by atoms with E-state index in [0.717, 1.165) is 24.6 Å². The number of alkyl halides is 2. The quantitative estimate of drug-likeness (QED) is 0.840. The summed E-state index contributed by atoms with van der Waals surface area (Å²) < 4.78 is 48.7. The molecule has 148 valence electrons. The minimum atomic E-state index is -3.52. The van der Waals surface area contributed by atoms with E-state index < -0.39 is 35.4 Å². The lowest BCUT2D eigenvalue weighted by Crippen LogP contribution is -2.45. The van der Waals surface area contributed by atoms with E-state index in [1.807, 2.05) is 6.92 Å². The largest absolute Gasteiger partial charge is 0.385 e. The molecule has 1 aromatic heterocycles. The molecule has 0 saturated carbocycles. The predicted molar refractivity (Wildman–Crippen MR) is 98.1 cm³/mol. The second-order valence-electron chi connectivity index (χ2n) is 6.74. The van der Waals surface area contributed by atoms with E-state index in [9.17, 15) is 18.0 Å². The van der Waals surface area contributed by atoms with Gasteiger partial charge < -0.3 is 15.8 Å². The van der Waals surface area contributed by atoms with Crippen molar-refractivity contribution in [2.45, 2.75) is 25.3 Å². The fourth-order valence-corrected chi connectivity index (χ4v) is 2.86. The van der Waals surface area contributed by atoms with Gasteiger partial charge in [-0.3, -0.25) is 14.8 Å². The topological polar surface area (TPSA) is 89.6 Å². The highest BCUT2D eigenvalue weighted by Gasteiger charge is 2.54. The number of anilines is 1. The number of nitrogens with one attached hydrogen (secondary N) is 1. The van der Waals surface area contributed by atoms with Crippen LogP contribution in [0.1, 0.15) is 28.5 Å². The zero-order valence-corrected chi connectivity index (χ0v) is 15.3. The highest BCUT2D eigenvalue weighted by molar-refractivity contribution is 6.02. The predicted octanol–water partition coefficient (Wildman–Crippen LogP) is 3.02. The molecule has 1 atom stereocenters. The van der Waals surface area contributed by atoms with Crippen LogP contribution in [0.3, 0.4) is 0 Å². The summed E-state index contributed by atoms with van der Waals surface area (Å²) in [5.74, 6) is -5.14. The first kappa shape index (κ1) is 19.8. The van der Waals surface area contributed by atoms with E-state index in [1.54, 1.807) is 6.07 Å². The Bertz CT molecular complexity index is 931. The first-order chi connectivity index (χ1) is 13.1. The Morgan fingerprint density at radius 3 is 2.71 bits per heavy atom. The Hall–Kier alpha value is -2.94. The number of amidine groups is 1. The van der Waals surface area contributed by atoms with E-state index in [1.165, 1.54) is 18.3 Å². The Labute approximate surface area is 159 Å². The van der Waals surface area contributed by atoms with Crippen LogP contribution in [0, 0.1) is 12.7 Å². The molecule has 6 nitrogen and oxygen atoms in total. The van der Waals surface area contributed by atoms with Crippen molar-refractivity contribution in [1.82, 2.24) is 4.98 Å². The molecular formula is C19H19F3N4O2. The van der Waals surface area contributed by atoms with Crippen LogP contribution in [0.15, 0.2) is 41.5 Å². The molecule has 3 rings (SSSR count). The minimum absolute atomic E-state index is 0.125. The Kier molecular flexibility index (Phi) is 5.12. The second-order valence-corrected chi connectivity index (χ2v) is 6.74. The van der Waals surface area contributed by atoms with Crippen molar-refractivity contribution in [2.75, 3.05) is 18.5 Å². The van der Waals surface area contributed by atoms with Crippen LogP contribution >= 0.6 is 0 Å². The number of aliphatic imine (C=N–C) groups is 1. The van der Waals surface area contributed by atoms with Crippen molar-refractivity contribution >= 4 is 17.4 Å². The molecule has 2 aromatic rings. The van der Waals surface area contributed by atoms with Gasteiger partial charge in [0.1, 0.15) is 30.6 Å². The van der Waals surface area contributed by atoms with Gasteiger partial charge >= 0.3 is 0 Å².